The number of rotatable bonds is 5. The van der Waals surface area contributed by atoms with Crippen LogP contribution >= 0.6 is 0 Å². The maximum atomic E-state index is 5.77. The summed E-state index contributed by atoms with van der Waals surface area (Å²) in [6.07, 6.45) is 12.4. The second-order valence-electron chi connectivity index (χ2n) is 7.28. The highest BCUT2D eigenvalue weighted by Gasteiger charge is 2.24. The van der Waals surface area contributed by atoms with Crippen LogP contribution in [0.25, 0.3) is 0 Å². The molecule has 2 aromatic rings. The molecule has 0 spiro atoms. The highest BCUT2D eigenvalue weighted by molar-refractivity contribution is 5.28. The topological polar surface area (TPSA) is 56.1 Å². The summed E-state index contributed by atoms with van der Waals surface area (Å²) in [6.45, 7) is 4.05. The van der Waals surface area contributed by atoms with E-state index in [4.69, 9.17) is 9.84 Å². The van der Waals surface area contributed by atoms with Crippen LogP contribution in [-0.2, 0) is 26.4 Å². The zero-order chi connectivity index (χ0) is 17.1. The third-order valence-electron chi connectivity index (χ3n) is 5.54. The Balaban J connectivity index is 1.29. The number of ether oxygens (including phenoxy) is 1. The lowest BCUT2D eigenvalue weighted by Gasteiger charge is -2.32. The second-order valence-corrected chi connectivity index (χ2v) is 7.28. The Morgan fingerprint density at radius 2 is 2.00 bits per heavy atom. The van der Waals surface area contributed by atoms with Gasteiger partial charge in [-0.3, -0.25) is 14.6 Å². The molecule has 0 bridgehead atoms. The van der Waals surface area contributed by atoms with Gasteiger partial charge in [0, 0.05) is 26.0 Å². The fourth-order valence-electron chi connectivity index (χ4n) is 4.03. The lowest BCUT2D eigenvalue weighted by atomic mass is 9.94. The number of hydrogen-bond donors (Lipinski definition) is 0. The van der Waals surface area contributed by atoms with E-state index in [0.29, 0.717) is 11.8 Å². The van der Waals surface area contributed by atoms with Gasteiger partial charge in [-0.25, -0.2) is 4.98 Å². The molecule has 6 nitrogen and oxygen atoms in total. The first-order chi connectivity index (χ1) is 12.3. The van der Waals surface area contributed by atoms with Crippen LogP contribution in [0.5, 0.6) is 5.88 Å². The van der Waals surface area contributed by atoms with E-state index in [-0.39, 0.29) is 0 Å². The van der Waals surface area contributed by atoms with Crippen LogP contribution in [0.4, 0.5) is 0 Å². The predicted molar refractivity (Wildman–Crippen MR) is 95.4 cm³/mol. The largest absolute Gasteiger partial charge is 0.476 e. The van der Waals surface area contributed by atoms with Crippen molar-refractivity contribution in [2.24, 2.45) is 13.0 Å². The number of aromatic nitrogens is 4. The Morgan fingerprint density at radius 1 is 1.16 bits per heavy atom. The summed E-state index contributed by atoms with van der Waals surface area (Å²) >= 11 is 0. The third kappa shape index (κ3) is 3.84. The third-order valence-corrected chi connectivity index (χ3v) is 5.54. The predicted octanol–water partition coefficient (Wildman–Crippen LogP) is 2.38. The summed E-state index contributed by atoms with van der Waals surface area (Å²) in [5.74, 6) is 1.24. The maximum absolute atomic E-state index is 5.77. The average Bonchev–Trinajstić information content (AvgIpc) is 2.97. The van der Waals surface area contributed by atoms with Gasteiger partial charge in [-0.15, -0.1) is 0 Å². The number of fused-ring (bicyclic) bond motifs is 1. The summed E-state index contributed by atoms with van der Waals surface area (Å²) in [4.78, 5) is 10.8. The summed E-state index contributed by atoms with van der Waals surface area (Å²) in [5, 5.41) is 4.75. The van der Waals surface area contributed by atoms with Crippen LogP contribution in [0.1, 0.15) is 42.6 Å². The summed E-state index contributed by atoms with van der Waals surface area (Å²) in [6, 6.07) is 0. The molecule has 6 heteroatoms. The quantitative estimate of drug-likeness (QED) is 0.836. The fourth-order valence-corrected chi connectivity index (χ4v) is 4.03. The van der Waals surface area contributed by atoms with Crippen LogP contribution in [-0.4, -0.2) is 44.3 Å². The molecule has 0 radical (unpaired) electrons. The van der Waals surface area contributed by atoms with Gasteiger partial charge in [0.25, 0.3) is 0 Å². The van der Waals surface area contributed by atoms with E-state index in [1.54, 1.807) is 18.6 Å². The minimum atomic E-state index is 0.610. The van der Waals surface area contributed by atoms with Gasteiger partial charge in [0.2, 0.25) is 5.88 Å². The van der Waals surface area contributed by atoms with Gasteiger partial charge in [-0.1, -0.05) is 0 Å². The molecule has 134 valence electrons. The molecule has 0 unspecified atom stereocenters. The monoisotopic (exact) mass is 341 g/mol. The Morgan fingerprint density at radius 3 is 2.80 bits per heavy atom. The Bertz CT molecular complexity index is 691. The highest BCUT2D eigenvalue weighted by Crippen LogP contribution is 2.26. The molecule has 1 aliphatic carbocycles. The highest BCUT2D eigenvalue weighted by atomic mass is 16.5. The van der Waals surface area contributed by atoms with E-state index in [0.717, 1.165) is 32.7 Å². The molecule has 1 fully saturated rings. The Kier molecular flexibility index (Phi) is 4.97. The number of aryl methyl sites for hydroxylation is 2. The van der Waals surface area contributed by atoms with Gasteiger partial charge in [0.1, 0.15) is 0 Å². The molecule has 3 heterocycles. The smallest absolute Gasteiger partial charge is 0.232 e. The van der Waals surface area contributed by atoms with Crippen LogP contribution in [0.15, 0.2) is 18.6 Å². The normalized spacial score (nSPS) is 18.9. The van der Waals surface area contributed by atoms with Crippen molar-refractivity contribution in [2.75, 3.05) is 19.7 Å². The van der Waals surface area contributed by atoms with Crippen molar-refractivity contribution in [1.29, 1.82) is 0 Å². The molecule has 0 aromatic carbocycles. The van der Waals surface area contributed by atoms with Gasteiger partial charge in [-0.05, 0) is 63.1 Å². The van der Waals surface area contributed by atoms with E-state index in [9.17, 15) is 0 Å². The van der Waals surface area contributed by atoms with Crippen molar-refractivity contribution in [3.8, 4) is 5.88 Å². The van der Waals surface area contributed by atoms with Crippen LogP contribution in [0, 0.1) is 5.92 Å². The van der Waals surface area contributed by atoms with Gasteiger partial charge >= 0.3 is 0 Å². The molecular weight excluding hydrogens is 314 g/mol. The molecule has 0 atom stereocenters. The Hall–Kier alpha value is -1.95. The number of piperidine rings is 1. The van der Waals surface area contributed by atoms with E-state index in [1.165, 1.54) is 49.1 Å². The van der Waals surface area contributed by atoms with Crippen LogP contribution in [0.2, 0.25) is 0 Å². The SMILES string of the molecule is Cn1nc2c(c1CN1CCC(COc3cnccn3)CC1)CCCC2. The molecule has 1 aliphatic heterocycles. The lowest BCUT2D eigenvalue weighted by molar-refractivity contribution is 0.132. The second kappa shape index (κ2) is 7.52. The lowest BCUT2D eigenvalue weighted by Crippen LogP contribution is -2.35. The molecule has 2 aromatic heterocycles. The number of hydrogen-bond acceptors (Lipinski definition) is 5. The van der Waals surface area contributed by atoms with Crippen LogP contribution < -0.4 is 4.74 Å². The number of likely N-dealkylation sites (tertiary alicyclic amines) is 1. The maximum Gasteiger partial charge on any atom is 0.232 e. The zero-order valence-electron chi connectivity index (χ0n) is 15.0. The van der Waals surface area contributed by atoms with Crippen molar-refractivity contribution in [1.82, 2.24) is 24.6 Å². The van der Waals surface area contributed by atoms with Gasteiger partial charge < -0.3 is 4.74 Å². The fraction of sp³-hybridized carbons (Fsp3) is 0.632. The Labute approximate surface area is 149 Å². The summed E-state index contributed by atoms with van der Waals surface area (Å²) < 4.78 is 7.90. The van der Waals surface area contributed by atoms with Crippen molar-refractivity contribution in [2.45, 2.75) is 45.1 Å². The zero-order valence-corrected chi connectivity index (χ0v) is 15.0. The van der Waals surface area contributed by atoms with Gasteiger partial charge in [-0.2, -0.15) is 5.10 Å². The molecule has 4 rings (SSSR count). The van der Waals surface area contributed by atoms with Crippen LogP contribution in [0.3, 0.4) is 0 Å². The summed E-state index contributed by atoms with van der Waals surface area (Å²) in [5.41, 5.74) is 4.31. The minimum Gasteiger partial charge on any atom is -0.476 e. The van der Waals surface area contributed by atoms with Crippen molar-refractivity contribution >= 4 is 0 Å². The summed E-state index contributed by atoms with van der Waals surface area (Å²) in [7, 11) is 2.11. The van der Waals surface area contributed by atoms with Crippen molar-refractivity contribution in [3.63, 3.8) is 0 Å². The molecule has 0 N–H and O–H groups in total. The first kappa shape index (κ1) is 16.5. The van der Waals surface area contributed by atoms with Gasteiger partial charge in [0.15, 0.2) is 0 Å². The average molecular weight is 341 g/mol. The molecule has 25 heavy (non-hydrogen) atoms. The minimum absolute atomic E-state index is 0.610. The van der Waals surface area contributed by atoms with E-state index < -0.39 is 0 Å². The first-order valence-electron chi connectivity index (χ1n) is 9.44. The van der Waals surface area contributed by atoms with E-state index in [2.05, 4.69) is 26.6 Å². The van der Waals surface area contributed by atoms with E-state index in [1.807, 2.05) is 0 Å². The molecule has 1 saturated heterocycles. The molecule has 0 amide bonds. The standard InChI is InChI=1S/C19H27N5O/c1-23-18(16-4-2-3-5-17(16)22-23)13-24-10-6-15(7-11-24)14-25-19-12-20-8-9-21-19/h8-9,12,15H,2-7,10-11,13-14H2,1H3. The number of nitrogens with zero attached hydrogens (tertiary/aromatic N) is 5. The van der Waals surface area contributed by atoms with Crippen molar-refractivity contribution < 1.29 is 4.74 Å². The van der Waals surface area contributed by atoms with Gasteiger partial charge in [0.05, 0.1) is 24.2 Å². The molecule has 0 saturated carbocycles. The first-order valence-corrected chi connectivity index (χ1v) is 9.44. The van der Waals surface area contributed by atoms with E-state index >= 15 is 0 Å². The molecule has 2 aliphatic rings. The van der Waals surface area contributed by atoms with Crippen molar-refractivity contribution in [3.05, 3.63) is 35.5 Å². The molecular formula is C19H27N5O.